The summed E-state index contributed by atoms with van der Waals surface area (Å²) >= 11 is -1.50. The first-order chi connectivity index (χ1) is 4.46. The molecule has 62 valence electrons. The van der Waals surface area contributed by atoms with Crippen molar-refractivity contribution in [3.05, 3.63) is 0 Å². The van der Waals surface area contributed by atoms with Gasteiger partial charge in [0.05, 0.1) is 0 Å². The fraction of sp³-hybridized carbons (Fsp3) is 1.00. The normalized spacial score (nSPS) is 12.6. The Hall–Kier alpha value is 1.64. The van der Waals surface area contributed by atoms with E-state index in [1.54, 1.807) is 0 Å². The van der Waals surface area contributed by atoms with Crippen LogP contribution in [0.2, 0.25) is 34.3 Å². The summed E-state index contributed by atoms with van der Waals surface area (Å²) in [6, 6.07) is 0. The molecule has 0 amide bonds. The minimum absolute atomic E-state index is 0.500. The molecule has 0 unspecified atom stereocenters. The van der Waals surface area contributed by atoms with Gasteiger partial charge in [0.15, 0.2) is 0 Å². The summed E-state index contributed by atoms with van der Waals surface area (Å²) in [4.78, 5) is 0. The van der Waals surface area contributed by atoms with Gasteiger partial charge in [-0.3, -0.25) is 0 Å². The molecule has 0 spiro atoms. The van der Waals surface area contributed by atoms with E-state index in [4.69, 9.17) is 0 Å². The maximum atomic E-state index is 2.94. The van der Waals surface area contributed by atoms with Crippen molar-refractivity contribution in [2.24, 2.45) is 0 Å². The topological polar surface area (TPSA) is 3.24 Å². The Morgan fingerprint density at radius 3 is 0.800 bits per heavy atom. The monoisotopic (exact) mass is 329 g/mol. The molecule has 0 bridgehead atoms. The van der Waals surface area contributed by atoms with Crippen LogP contribution in [0.15, 0.2) is 0 Å². The van der Waals surface area contributed by atoms with E-state index in [1.165, 1.54) is 0 Å². The summed E-state index contributed by atoms with van der Waals surface area (Å²) in [5, 5.41) is 0. The Balaban J connectivity index is 3.98. The molecule has 0 aliphatic carbocycles. The molecule has 0 aromatic carbocycles. The Morgan fingerprint density at radius 1 is 0.600 bits per heavy atom. The second-order valence-corrected chi connectivity index (χ2v) is 20.5. The number of rotatable bonds is 3. The van der Waals surface area contributed by atoms with E-state index in [0.29, 0.717) is 0 Å². The molecule has 0 aliphatic rings. The Labute approximate surface area is 80.0 Å². The van der Waals surface area contributed by atoms with Crippen LogP contribution in [0.1, 0.15) is 0 Å². The molecule has 0 saturated heterocycles. The zero-order valence-electron chi connectivity index (χ0n) is 7.79. The fourth-order valence-electron chi connectivity index (χ4n) is 1.07. The zero-order chi connectivity index (χ0) is 8.31. The molecule has 4 heteroatoms. The zero-order valence-corrected chi connectivity index (χ0v) is 13.4. The maximum absolute atomic E-state index is 2.94. The average molecular weight is 329 g/mol. The van der Waals surface area contributed by atoms with Gasteiger partial charge in [0.1, 0.15) is 0 Å². The summed E-state index contributed by atoms with van der Waals surface area (Å²) in [6.45, 7) is 0. The van der Waals surface area contributed by atoms with Gasteiger partial charge in [-0.15, -0.1) is 0 Å². The van der Waals surface area contributed by atoms with Gasteiger partial charge in [-0.1, -0.05) is 0 Å². The molecule has 0 saturated carbocycles. The van der Waals surface area contributed by atoms with Crippen LogP contribution in [0.3, 0.4) is 0 Å². The van der Waals surface area contributed by atoms with Crippen molar-refractivity contribution in [1.29, 1.82) is 0 Å². The summed E-state index contributed by atoms with van der Waals surface area (Å²) in [5.41, 5.74) is 14.8. The number of nitrogens with zero attached hydrogens (tertiary/aromatic N) is 1. The molecular weight excluding hydrogens is 311 g/mol. The quantitative estimate of drug-likeness (QED) is 0.717. The van der Waals surface area contributed by atoms with E-state index in [-0.39, 0.29) is 0 Å². The van der Waals surface area contributed by atoms with Crippen molar-refractivity contribution in [2.45, 2.75) is 34.3 Å². The number of hydrogen-bond donors (Lipinski definition) is 0. The predicted octanol–water partition coefficient (Wildman–Crippen LogP) is 2.04. The minimum atomic E-state index is -0.500. The van der Waals surface area contributed by atoms with Gasteiger partial charge < -0.3 is 0 Å². The molecular formula is C6H18As3N. The third-order valence-corrected chi connectivity index (χ3v) is 29.0. The van der Waals surface area contributed by atoms with Crippen LogP contribution in [0.4, 0.5) is 0 Å². The molecule has 0 heterocycles. The average Bonchev–Trinajstić information content (AvgIpc) is 1.59. The van der Waals surface area contributed by atoms with Gasteiger partial charge >= 0.3 is 80.6 Å². The summed E-state index contributed by atoms with van der Waals surface area (Å²) in [6.07, 6.45) is 0. The molecule has 0 N–H and O–H groups in total. The molecule has 0 radical (unpaired) electrons. The van der Waals surface area contributed by atoms with Gasteiger partial charge in [0, 0.05) is 0 Å². The van der Waals surface area contributed by atoms with Gasteiger partial charge in [-0.2, -0.15) is 0 Å². The van der Waals surface area contributed by atoms with Crippen LogP contribution in [-0.4, -0.2) is 46.3 Å². The van der Waals surface area contributed by atoms with E-state index in [9.17, 15) is 0 Å². The van der Waals surface area contributed by atoms with Crippen LogP contribution in [0.5, 0.6) is 0 Å². The van der Waals surface area contributed by atoms with Gasteiger partial charge in [-0.05, 0) is 0 Å². The third kappa shape index (κ3) is 3.86. The van der Waals surface area contributed by atoms with E-state index >= 15 is 0 Å². The molecule has 1 nitrogen and oxygen atoms in total. The van der Waals surface area contributed by atoms with Crippen LogP contribution in [-0.2, 0) is 0 Å². The first-order valence-electron chi connectivity index (χ1n) is 3.28. The van der Waals surface area contributed by atoms with Crippen molar-refractivity contribution < 1.29 is 0 Å². The van der Waals surface area contributed by atoms with Gasteiger partial charge in [0.2, 0.25) is 0 Å². The van der Waals surface area contributed by atoms with Crippen LogP contribution in [0, 0.1) is 0 Å². The Morgan fingerprint density at radius 2 is 0.800 bits per heavy atom. The molecule has 0 aromatic rings. The SMILES string of the molecule is C[As](C)N([As](C)C)[As](C)C. The van der Waals surface area contributed by atoms with Crippen molar-refractivity contribution in [2.75, 3.05) is 0 Å². The first kappa shape index (κ1) is 11.6. The standard InChI is InChI=1S/C6H18As3N/c1-7(2)10(8(3)4)9(5)6/h1-6H3. The van der Waals surface area contributed by atoms with Crippen LogP contribution in [0.25, 0.3) is 0 Å². The Bertz CT molecular complexity index is 74.0. The first-order valence-corrected chi connectivity index (χ1v) is 17.1. The van der Waals surface area contributed by atoms with E-state index in [2.05, 4.69) is 35.9 Å². The van der Waals surface area contributed by atoms with E-state index in [1.807, 2.05) is 0 Å². The van der Waals surface area contributed by atoms with Crippen molar-refractivity contribution in [1.82, 2.24) is 1.65 Å². The molecule has 0 aliphatic heterocycles. The van der Waals surface area contributed by atoms with Gasteiger partial charge in [-0.25, -0.2) is 0 Å². The summed E-state index contributed by atoms with van der Waals surface area (Å²) in [5.74, 6) is 0. The molecule has 0 rings (SSSR count). The second-order valence-electron chi connectivity index (χ2n) is 2.81. The Kier molecular flexibility index (Phi) is 6.18. The molecule has 0 aromatic heterocycles. The van der Waals surface area contributed by atoms with Crippen molar-refractivity contribution >= 4 is 44.6 Å². The summed E-state index contributed by atoms with van der Waals surface area (Å²) in [7, 11) is 0. The van der Waals surface area contributed by atoms with E-state index < -0.39 is 44.6 Å². The molecule has 0 fully saturated rings. The molecule has 10 heavy (non-hydrogen) atoms. The van der Waals surface area contributed by atoms with Gasteiger partial charge in [0.25, 0.3) is 0 Å². The predicted molar refractivity (Wildman–Crippen MR) is 54.3 cm³/mol. The number of hydrogen-bond acceptors (Lipinski definition) is 1. The molecule has 0 atom stereocenters. The van der Waals surface area contributed by atoms with E-state index in [0.717, 1.165) is 0 Å². The second kappa shape index (κ2) is 5.31. The summed E-state index contributed by atoms with van der Waals surface area (Å²) < 4.78 is 2.94. The fourth-order valence-corrected chi connectivity index (χ4v) is 29.0. The third-order valence-electron chi connectivity index (χ3n) is 1.07. The van der Waals surface area contributed by atoms with Crippen LogP contribution < -0.4 is 0 Å². The van der Waals surface area contributed by atoms with Crippen LogP contribution >= 0.6 is 0 Å². The van der Waals surface area contributed by atoms with Crippen molar-refractivity contribution in [3.63, 3.8) is 0 Å². The van der Waals surface area contributed by atoms with Crippen molar-refractivity contribution in [3.8, 4) is 0 Å².